The Morgan fingerprint density at radius 2 is 2.00 bits per heavy atom. The van der Waals surface area contributed by atoms with Crippen molar-refractivity contribution >= 4 is 17.5 Å². The molecular formula is C9H6ClF3NO. The van der Waals surface area contributed by atoms with Gasteiger partial charge in [0.1, 0.15) is 0 Å². The van der Waals surface area contributed by atoms with Crippen molar-refractivity contribution in [2.24, 2.45) is 5.73 Å². The van der Waals surface area contributed by atoms with Crippen molar-refractivity contribution in [3.8, 4) is 0 Å². The lowest BCUT2D eigenvalue weighted by molar-refractivity contribution is -0.0928. The SMILES string of the molecule is NC(=O)c1cc(Cl)ccc1[CH]C(F)(F)F. The number of carbonyl (C=O) groups excluding carboxylic acids is 1. The molecule has 0 aliphatic heterocycles. The van der Waals surface area contributed by atoms with Gasteiger partial charge in [0.25, 0.3) is 0 Å². The van der Waals surface area contributed by atoms with Crippen molar-refractivity contribution in [1.82, 2.24) is 0 Å². The molecule has 0 aliphatic carbocycles. The van der Waals surface area contributed by atoms with Crippen molar-refractivity contribution in [1.29, 1.82) is 0 Å². The molecule has 0 unspecified atom stereocenters. The Hall–Kier alpha value is -1.23. The first-order chi connectivity index (χ1) is 6.79. The molecule has 1 radical (unpaired) electrons. The lowest BCUT2D eigenvalue weighted by atomic mass is 10.0. The van der Waals surface area contributed by atoms with Crippen molar-refractivity contribution in [3.63, 3.8) is 0 Å². The smallest absolute Gasteiger partial charge is 0.366 e. The predicted molar refractivity (Wildman–Crippen MR) is 49.4 cm³/mol. The van der Waals surface area contributed by atoms with E-state index in [0.717, 1.165) is 12.1 Å². The summed E-state index contributed by atoms with van der Waals surface area (Å²) < 4.78 is 36.1. The van der Waals surface area contributed by atoms with E-state index in [-0.39, 0.29) is 22.6 Å². The number of alkyl halides is 3. The maximum absolute atomic E-state index is 12.0. The van der Waals surface area contributed by atoms with Crippen LogP contribution >= 0.6 is 11.6 Å². The van der Waals surface area contributed by atoms with Gasteiger partial charge in [-0.3, -0.25) is 4.79 Å². The highest BCUT2D eigenvalue weighted by atomic mass is 35.5. The summed E-state index contributed by atoms with van der Waals surface area (Å²) in [4.78, 5) is 10.8. The van der Waals surface area contributed by atoms with Gasteiger partial charge >= 0.3 is 6.18 Å². The van der Waals surface area contributed by atoms with E-state index < -0.39 is 12.1 Å². The van der Waals surface area contributed by atoms with Crippen LogP contribution in [0.5, 0.6) is 0 Å². The van der Waals surface area contributed by atoms with E-state index in [1.54, 1.807) is 0 Å². The molecule has 0 saturated heterocycles. The summed E-state index contributed by atoms with van der Waals surface area (Å²) >= 11 is 5.53. The Labute approximate surface area is 88.8 Å². The van der Waals surface area contributed by atoms with E-state index in [4.69, 9.17) is 17.3 Å². The maximum Gasteiger partial charge on any atom is 0.396 e. The van der Waals surface area contributed by atoms with Gasteiger partial charge in [-0.2, -0.15) is 13.2 Å². The third kappa shape index (κ3) is 3.43. The minimum atomic E-state index is -4.50. The quantitative estimate of drug-likeness (QED) is 0.843. The molecule has 1 aromatic rings. The third-order valence-electron chi connectivity index (χ3n) is 1.60. The molecule has 0 fully saturated rings. The number of hydrogen-bond donors (Lipinski definition) is 1. The topological polar surface area (TPSA) is 43.1 Å². The zero-order valence-corrected chi connectivity index (χ0v) is 8.06. The van der Waals surface area contributed by atoms with Gasteiger partial charge in [0, 0.05) is 10.6 Å². The van der Waals surface area contributed by atoms with Gasteiger partial charge in [0.2, 0.25) is 5.91 Å². The van der Waals surface area contributed by atoms with Crippen LogP contribution in [0.2, 0.25) is 5.02 Å². The number of hydrogen-bond acceptors (Lipinski definition) is 1. The summed E-state index contributed by atoms with van der Waals surface area (Å²) in [6, 6.07) is 3.45. The van der Waals surface area contributed by atoms with Crippen molar-refractivity contribution in [2.45, 2.75) is 6.18 Å². The number of amides is 1. The Morgan fingerprint density at radius 3 is 2.47 bits per heavy atom. The van der Waals surface area contributed by atoms with Crippen LogP contribution in [0.15, 0.2) is 18.2 Å². The second kappa shape index (κ2) is 4.10. The van der Waals surface area contributed by atoms with Crippen molar-refractivity contribution < 1.29 is 18.0 Å². The Morgan fingerprint density at radius 1 is 1.40 bits per heavy atom. The first kappa shape index (κ1) is 11.8. The fraction of sp³-hybridized carbons (Fsp3) is 0.111. The molecular weight excluding hydrogens is 231 g/mol. The standard InChI is InChI=1S/C9H6ClF3NO/c10-6-2-1-5(4-9(11,12)13)7(3-6)8(14)15/h1-4H,(H2,14,15). The van der Waals surface area contributed by atoms with E-state index >= 15 is 0 Å². The first-order valence-corrected chi connectivity index (χ1v) is 4.19. The highest BCUT2D eigenvalue weighted by Crippen LogP contribution is 2.26. The third-order valence-corrected chi connectivity index (χ3v) is 1.84. The average molecular weight is 237 g/mol. The number of halogens is 4. The van der Waals surface area contributed by atoms with Crippen LogP contribution in [0.25, 0.3) is 0 Å². The van der Waals surface area contributed by atoms with Crippen LogP contribution in [-0.2, 0) is 0 Å². The Kier molecular flexibility index (Phi) is 3.24. The van der Waals surface area contributed by atoms with Crippen molar-refractivity contribution in [2.75, 3.05) is 0 Å². The summed E-state index contributed by atoms with van der Waals surface area (Å²) in [5, 5.41) is 0.156. The molecule has 0 aliphatic rings. The van der Waals surface area contributed by atoms with Gasteiger partial charge in [-0.1, -0.05) is 17.7 Å². The molecule has 0 atom stereocenters. The second-order valence-corrected chi connectivity index (χ2v) is 3.22. The molecule has 0 aromatic heterocycles. The molecule has 6 heteroatoms. The minimum Gasteiger partial charge on any atom is -0.366 e. The minimum absolute atomic E-state index is 0.00340. The lowest BCUT2D eigenvalue weighted by Crippen LogP contribution is -2.17. The number of carbonyl (C=O) groups is 1. The lowest BCUT2D eigenvalue weighted by Gasteiger charge is -2.09. The fourth-order valence-electron chi connectivity index (χ4n) is 1.04. The first-order valence-electron chi connectivity index (χ1n) is 3.81. The van der Waals surface area contributed by atoms with Gasteiger partial charge in [-0.05, 0) is 17.7 Å². The van der Waals surface area contributed by atoms with Crippen LogP contribution in [-0.4, -0.2) is 12.1 Å². The van der Waals surface area contributed by atoms with Gasteiger partial charge in [0.05, 0.1) is 6.42 Å². The molecule has 81 valence electrons. The number of nitrogens with two attached hydrogens (primary N) is 1. The molecule has 0 saturated carbocycles. The average Bonchev–Trinajstić information content (AvgIpc) is 2.05. The maximum atomic E-state index is 12.0. The van der Waals surface area contributed by atoms with E-state index in [9.17, 15) is 18.0 Å². The molecule has 0 heterocycles. The number of rotatable bonds is 2. The van der Waals surface area contributed by atoms with Crippen LogP contribution in [0, 0.1) is 6.42 Å². The van der Waals surface area contributed by atoms with Crippen LogP contribution < -0.4 is 5.73 Å². The summed E-state index contributed by atoms with van der Waals surface area (Å²) in [6.45, 7) is 0. The number of primary amides is 1. The second-order valence-electron chi connectivity index (χ2n) is 2.78. The van der Waals surface area contributed by atoms with Crippen molar-refractivity contribution in [3.05, 3.63) is 40.8 Å². The molecule has 2 nitrogen and oxygen atoms in total. The summed E-state index contributed by atoms with van der Waals surface area (Å²) in [5.41, 5.74) is 4.38. The molecule has 0 spiro atoms. The Bertz CT molecular complexity index is 389. The Balaban J connectivity index is 3.12. The molecule has 0 bridgehead atoms. The fourth-order valence-corrected chi connectivity index (χ4v) is 1.22. The van der Waals surface area contributed by atoms with E-state index in [1.807, 2.05) is 0 Å². The molecule has 15 heavy (non-hydrogen) atoms. The van der Waals surface area contributed by atoms with E-state index in [2.05, 4.69) is 0 Å². The number of benzene rings is 1. The highest BCUT2D eigenvalue weighted by molar-refractivity contribution is 6.31. The zero-order valence-electron chi connectivity index (χ0n) is 7.31. The van der Waals surface area contributed by atoms with Gasteiger partial charge in [-0.25, -0.2) is 0 Å². The van der Waals surface area contributed by atoms with E-state index in [1.165, 1.54) is 6.07 Å². The van der Waals surface area contributed by atoms with Gasteiger partial charge in [-0.15, -0.1) is 0 Å². The molecule has 1 amide bonds. The summed E-state index contributed by atoms with van der Waals surface area (Å²) in [7, 11) is 0. The van der Waals surface area contributed by atoms with Crippen LogP contribution in [0.3, 0.4) is 0 Å². The molecule has 1 rings (SSSR count). The van der Waals surface area contributed by atoms with Gasteiger partial charge in [0.15, 0.2) is 0 Å². The van der Waals surface area contributed by atoms with Crippen LogP contribution in [0.4, 0.5) is 13.2 Å². The van der Waals surface area contributed by atoms with Crippen LogP contribution in [0.1, 0.15) is 15.9 Å². The monoisotopic (exact) mass is 236 g/mol. The normalized spacial score (nSPS) is 11.5. The highest BCUT2D eigenvalue weighted by Gasteiger charge is 2.30. The molecule has 1 aromatic carbocycles. The zero-order chi connectivity index (χ0) is 11.6. The summed E-state index contributed by atoms with van der Waals surface area (Å²) in [6.07, 6.45) is -4.50. The predicted octanol–water partition coefficient (Wildman–Crippen LogP) is 2.55. The molecule has 2 N–H and O–H groups in total. The summed E-state index contributed by atoms with van der Waals surface area (Å²) in [5.74, 6) is -0.951. The van der Waals surface area contributed by atoms with Gasteiger partial charge < -0.3 is 5.73 Å². The largest absolute Gasteiger partial charge is 0.396 e. The van der Waals surface area contributed by atoms with E-state index in [0.29, 0.717) is 0 Å².